The van der Waals surface area contributed by atoms with Crippen LogP contribution >= 0.6 is 0 Å². The Hall–Kier alpha value is -2.62. The maximum atomic E-state index is 12.7. The smallest absolute Gasteiger partial charge is 0.314 e. The average Bonchev–Trinajstić information content (AvgIpc) is 3.03. The zero-order valence-electron chi connectivity index (χ0n) is 27.2. The molecule has 2 saturated carbocycles. The van der Waals surface area contributed by atoms with Gasteiger partial charge in [0.05, 0.1) is 12.3 Å². The second kappa shape index (κ2) is 17.6. The van der Waals surface area contributed by atoms with Crippen LogP contribution in [-0.2, 0) is 9.59 Å². The normalized spacial score (nSPS) is 23.0. The molecular weight excluding hydrogens is 532 g/mol. The minimum absolute atomic E-state index is 0.0117. The largest absolute Gasteiger partial charge is 0.427 e. The number of benzene rings is 2. The molecule has 4 heteroatoms. The van der Waals surface area contributed by atoms with Crippen molar-refractivity contribution in [2.75, 3.05) is 0 Å². The Kier molecular flexibility index (Phi) is 13.6. The van der Waals surface area contributed by atoms with E-state index in [9.17, 15) is 9.59 Å². The zero-order valence-corrected chi connectivity index (χ0v) is 27.2. The van der Waals surface area contributed by atoms with E-state index in [1.807, 2.05) is 24.3 Å². The summed E-state index contributed by atoms with van der Waals surface area (Å²) in [5.74, 6) is 2.67. The van der Waals surface area contributed by atoms with Crippen molar-refractivity contribution in [2.24, 2.45) is 17.8 Å². The van der Waals surface area contributed by atoms with Crippen molar-refractivity contribution in [3.05, 3.63) is 59.7 Å². The highest BCUT2D eigenvalue weighted by Crippen LogP contribution is 2.39. The molecule has 0 saturated heterocycles. The van der Waals surface area contributed by atoms with Crippen molar-refractivity contribution < 1.29 is 19.1 Å². The van der Waals surface area contributed by atoms with Gasteiger partial charge in [-0.15, -0.1) is 0 Å². The Balaban J connectivity index is 1.16. The Bertz CT molecular complexity index is 1090. The molecule has 0 aromatic heterocycles. The molecular formula is C39H56O4. The van der Waals surface area contributed by atoms with Gasteiger partial charge in [0.2, 0.25) is 0 Å². The van der Waals surface area contributed by atoms with Crippen LogP contribution in [0, 0.1) is 17.8 Å². The average molecular weight is 589 g/mol. The van der Waals surface area contributed by atoms with Crippen LogP contribution in [0.1, 0.15) is 153 Å². The molecule has 43 heavy (non-hydrogen) atoms. The molecule has 4 nitrogen and oxygen atoms in total. The van der Waals surface area contributed by atoms with Gasteiger partial charge in [-0.1, -0.05) is 96.4 Å². The van der Waals surface area contributed by atoms with Gasteiger partial charge in [0.25, 0.3) is 0 Å². The molecule has 0 N–H and O–H groups in total. The molecule has 1 unspecified atom stereocenters. The Morgan fingerprint density at radius 2 is 1.05 bits per heavy atom. The van der Waals surface area contributed by atoms with Gasteiger partial charge in [0.1, 0.15) is 11.5 Å². The Labute approximate surface area is 261 Å². The Morgan fingerprint density at radius 1 is 0.628 bits per heavy atom. The third-order valence-electron chi connectivity index (χ3n) is 10.2. The molecule has 2 aromatic carbocycles. The molecule has 236 valence electrons. The van der Waals surface area contributed by atoms with Gasteiger partial charge in [0.15, 0.2) is 0 Å². The van der Waals surface area contributed by atoms with Crippen molar-refractivity contribution in [1.29, 1.82) is 0 Å². The number of carbonyl (C=O) groups is 2. The quantitative estimate of drug-likeness (QED) is 0.118. The topological polar surface area (TPSA) is 52.6 Å². The summed E-state index contributed by atoms with van der Waals surface area (Å²) < 4.78 is 11.2. The van der Waals surface area contributed by atoms with E-state index < -0.39 is 17.9 Å². The number of unbranched alkanes of at least 4 members (excludes halogenated alkanes) is 4. The van der Waals surface area contributed by atoms with Crippen molar-refractivity contribution in [2.45, 2.75) is 142 Å². The standard InChI is InChI=1S/C39H56O4/c1-4-6-8-10-30-12-16-32(17-13-30)34-20-24-36(25-21-34)42-38(40)28-29(3)39(41)43-37-26-22-35(23-27-37)33-18-14-31(15-19-33)11-9-7-5-2/h20-27,29-33H,4-19,28H2,1-3H3. The predicted octanol–water partition coefficient (Wildman–Crippen LogP) is 10.9. The summed E-state index contributed by atoms with van der Waals surface area (Å²) in [4.78, 5) is 25.3. The van der Waals surface area contributed by atoms with Crippen LogP contribution in [0.15, 0.2) is 48.5 Å². The molecule has 2 fully saturated rings. The fourth-order valence-corrected chi connectivity index (χ4v) is 7.27. The molecule has 0 amide bonds. The number of hydrogen-bond acceptors (Lipinski definition) is 4. The van der Waals surface area contributed by atoms with Crippen LogP contribution in [0.3, 0.4) is 0 Å². The summed E-state index contributed by atoms with van der Waals surface area (Å²) in [6.45, 7) is 6.26. The van der Waals surface area contributed by atoms with Crippen molar-refractivity contribution in [1.82, 2.24) is 0 Å². The SMILES string of the molecule is CCCCCC1CCC(c2ccc(OC(=O)CC(C)C(=O)Oc3ccc(C4CCC(CCCCC)CC4)cc3)cc2)CC1. The number of hydrogen-bond donors (Lipinski definition) is 0. The first kappa shape index (κ1) is 33.3. The van der Waals surface area contributed by atoms with Crippen LogP contribution in [0.5, 0.6) is 11.5 Å². The van der Waals surface area contributed by atoms with Crippen LogP contribution in [0.2, 0.25) is 0 Å². The van der Waals surface area contributed by atoms with E-state index in [4.69, 9.17) is 9.47 Å². The van der Waals surface area contributed by atoms with E-state index in [-0.39, 0.29) is 6.42 Å². The lowest BCUT2D eigenvalue weighted by Crippen LogP contribution is -2.23. The van der Waals surface area contributed by atoms with Gasteiger partial charge in [0, 0.05) is 0 Å². The van der Waals surface area contributed by atoms with E-state index in [1.54, 1.807) is 6.92 Å². The Morgan fingerprint density at radius 3 is 1.47 bits per heavy atom. The molecule has 1 atom stereocenters. The lowest BCUT2D eigenvalue weighted by atomic mass is 9.77. The van der Waals surface area contributed by atoms with Gasteiger partial charge < -0.3 is 9.47 Å². The van der Waals surface area contributed by atoms with Crippen LogP contribution in [0.4, 0.5) is 0 Å². The molecule has 0 aliphatic heterocycles. The molecule has 0 spiro atoms. The summed E-state index contributed by atoms with van der Waals surface area (Å²) in [5, 5.41) is 0. The molecule has 2 aliphatic rings. The van der Waals surface area contributed by atoms with E-state index in [1.165, 1.54) is 114 Å². The van der Waals surface area contributed by atoms with E-state index in [0.29, 0.717) is 23.3 Å². The minimum atomic E-state index is -0.582. The number of ether oxygens (including phenoxy) is 2. The number of rotatable bonds is 15. The summed E-state index contributed by atoms with van der Waals surface area (Å²) in [5.41, 5.74) is 2.68. The second-order valence-corrected chi connectivity index (χ2v) is 13.6. The van der Waals surface area contributed by atoms with Crippen molar-refractivity contribution in [3.63, 3.8) is 0 Å². The fourth-order valence-electron chi connectivity index (χ4n) is 7.27. The first-order valence-corrected chi connectivity index (χ1v) is 17.6. The molecule has 0 heterocycles. The maximum Gasteiger partial charge on any atom is 0.314 e. The zero-order chi connectivity index (χ0) is 30.4. The third kappa shape index (κ3) is 10.8. The first-order chi connectivity index (χ1) is 20.9. The van der Waals surface area contributed by atoms with E-state index in [0.717, 1.165) is 11.8 Å². The van der Waals surface area contributed by atoms with Crippen LogP contribution in [0.25, 0.3) is 0 Å². The monoisotopic (exact) mass is 588 g/mol. The predicted molar refractivity (Wildman–Crippen MR) is 176 cm³/mol. The summed E-state index contributed by atoms with van der Waals surface area (Å²) in [7, 11) is 0. The van der Waals surface area contributed by atoms with Gasteiger partial charge in [-0.2, -0.15) is 0 Å². The molecule has 4 rings (SSSR count). The molecule has 2 aromatic rings. The fraction of sp³-hybridized carbons (Fsp3) is 0.641. The number of carbonyl (C=O) groups excluding carboxylic acids is 2. The molecule has 0 bridgehead atoms. The number of esters is 2. The first-order valence-electron chi connectivity index (χ1n) is 17.6. The van der Waals surface area contributed by atoms with E-state index >= 15 is 0 Å². The lowest BCUT2D eigenvalue weighted by molar-refractivity contribution is -0.144. The highest BCUT2D eigenvalue weighted by atomic mass is 16.5. The lowest BCUT2D eigenvalue weighted by Gasteiger charge is -2.29. The summed E-state index contributed by atoms with van der Waals surface area (Å²) in [6.07, 6.45) is 21.1. The molecule has 2 aliphatic carbocycles. The van der Waals surface area contributed by atoms with Crippen LogP contribution in [-0.4, -0.2) is 11.9 Å². The van der Waals surface area contributed by atoms with Crippen molar-refractivity contribution >= 4 is 11.9 Å². The van der Waals surface area contributed by atoms with Gasteiger partial charge >= 0.3 is 11.9 Å². The van der Waals surface area contributed by atoms with Gasteiger partial charge in [-0.3, -0.25) is 9.59 Å². The van der Waals surface area contributed by atoms with Gasteiger partial charge in [-0.05, 0) is 110 Å². The van der Waals surface area contributed by atoms with Crippen LogP contribution < -0.4 is 9.47 Å². The summed E-state index contributed by atoms with van der Waals surface area (Å²) in [6, 6.07) is 16.0. The minimum Gasteiger partial charge on any atom is -0.427 e. The third-order valence-corrected chi connectivity index (χ3v) is 10.2. The highest BCUT2D eigenvalue weighted by Gasteiger charge is 2.24. The summed E-state index contributed by atoms with van der Waals surface area (Å²) >= 11 is 0. The maximum absolute atomic E-state index is 12.7. The van der Waals surface area contributed by atoms with E-state index in [2.05, 4.69) is 38.1 Å². The second-order valence-electron chi connectivity index (χ2n) is 13.6. The van der Waals surface area contributed by atoms with Crippen molar-refractivity contribution in [3.8, 4) is 11.5 Å². The van der Waals surface area contributed by atoms with Gasteiger partial charge in [-0.25, -0.2) is 0 Å². The highest BCUT2D eigenvalue weighted by molar-refractivity contribution is 5.82. The molecule has 0 radical (unpaired) electrons.